The standard InChI is InChI=1S/C19H22FN3O3/c20-15-5-1-2-6-16(15)22-10-12-23(13-11-22)18(24)8-3-9-21-19(25)17-7-4-14-26-17/h1-2,4-7,14H,3,8-13H2,(H,21,25). The summed E-state index contributed by atoms with van der Waals surface area (Å²) in [4.78, 5) is 27.8. The molecule has 2 aromatic rings. The molecule has 3 rings (SSSR count). The van der Waals surface area contributed by atoms with E-state index < -0.39 is 0 Å². The molecule has 0 radical (unpaired) electrons. The van der Waals surface area contributed by atoms with Crippen LogP contribution in [0.3, 0.4) is 0 Å². The average Bonchev–Trinajstić information content (AvgIpc) is 3.20. The maximum Gasteiger partial charge on any atom is 0.286 e. The third kappa shape index (κ3) is 4.41. The summed E-state index contributed by atoms with van der Waals surface area (Å²) in [7, 11) is 0. The second kappa shape index (κ2) is 8.51. The Bertz CT molecular complexity index is 740. The van der Waals surface area contributed by atoms with Gasteiger partial charge < -0.3 is 19.5 Å². The second-order valence-electron chi connectivity index (χ2n) is 6.16. The number of nitrogens with zero attached hydrogens (tertiary/aromatic N) is 2. The van der Waals surface area contributed by atoms with E-state index in [1.807, 2.05) is 11.0 Å². The first kappa shape index (κ1) is 18.0. The molecule has 2 amide bonds. The van der Waals surface area contributed by atoms with E-state index in [4.69, 9.17) is 4.42 Å². The van der Waals surface area contributed by atoms with Crippen LogP contribution < -0.4 is 10.2 Å². The van der Waals surface area contributed by atoms with Gasteiger partial charge in [-0.15, -0.1) is 0 Å². The first-order chi connectivity index (χ1) is 12.6. The lowest BCUT2D eigenvalue weighted by Gasteiger charge is -2.36. The number of hydrogen-bond donors (Lipinski definition) is 1. The summed E-state index contributed by atoms with van der Waals surface area (Å²) >= 11 is 0. The van der Waals surface area contributed by atoms with Crippen LogP contribution >= 0.6 is 0 Å². The van der Waals surface area contributed by atoms with Crippen molar-refractivity contribution in [3.8, 4) is 0 Å². The Labute approximate surface area is 151 Å². The second-order valence-corrected chi connectivity index (χ2v) is 6.16. The van der Waals surface area contributed by atoms with E-state index >= 15 is 0 Å². The summed E-state index contributed by atoms with van der Waals surface area (Å²) in [6.45, 7) is 2.79. The van der Waals surface area contributed by atoms with E-state index in [1.54, 1.807) is 29.2 Å². The number of nitrogens with one attached hydrogen (secondary N) is 1. The molecule has 1 saturated heterocycles. The molecule has 1 aliphatic rings. The van der Waals surface area contributed by atoms with Crippen LogP contribution in [0.15, 0.2) is 47.1 Å². The molecule has 1 aromatic carbocycles. The van der Waals surface area contributed by atoms with Crippen molar-refractivity contribution in [3.05, 3.63) is 54.2 Å². The summed E-state index contributed by atoms with van der Waals surface area (Å²) in [5.41, 5.74) is 0.584. The van der Waals surface area contributed by atoms with E-state index in [0.717, 1.165) is 0 Å². The maximum atomic E-state index is 13.8. The van der Waals surface area contributed by atoms with Crippen molar-refractivity contribution in [1.29, 1.82) is 0 Å². The van der Waals surface area contributed by atoms with Crippen LogP contribution in [0.2, 0.25) is 0 Å². The fraction of sp³-hybridized carbons (Fsp3) is 0.368. The SMILES string of the molecule is O=C(NCCCC(=O)N1CCN(c2ccccc2F)CC1)c1ccco1. The zero-order valence-corrected chi connectivity index (χ0v) is 14.5. The minimum atomic E-state index is -0.277. The van der Waals surface area contributed by atoms with Crippen LogP contribution in [0.4, 0.5) is 10.1 Å². The zero-order chi connectivity index (χ0) is 18.4. The Hall–Kier alpha value is -2.83. The third-order valence-electron chi connectivity index (χ3n) is 4.42. The minimum absolute atomic E-state index is 0.0606. The van der Waals surface area contributed by atoms with Gasteiger partial charge in [-0.25, -0.2) is 4.39 Å². The van der Waals surface area contributed by atoms with Crippen molar-refractivity contribution < 1.29 is 18.4 Å². The van der Waals surface area contributed by atoms with E-state index in [1.165, 1.54) is 12.3 Å². The van der Waals surface area contributed by atoms with Gasteiger partial charge in [0.15, 0.2) is 5.76 Å². The number of piperazine rings is 1. The van der Waals surface area contributed by atoms with Gasteiger partial charge in [0.2, 0.25) is 5.91 Å². The quantitative estimate of drug-likeness (QED) is 0.804. The molecule has 0 bridgehead atoms. The molecular formula is C19H22FN3O3. The molecule has 0 unspecified atom stereocenters. The van der Waals surface area contributed by atoms with E-state index in [0.29, 0.717) is 51.3 Å². The van der Waals surface area contributed by atoms with Gasteiger partial charge in [-0.3, -0.25) is 9.59 Å². The van der Waals surface area contributed by atoms with Crippen molar-refractivity contribution in [3.63, 3.8) is 0 Å². The van der Waals surface area contributed by atoms with Gasteiger partial charge >= 0.3 is 0 Å². The number of halogens is 1. The van der Waals surface area contributed by atoms with Gasteiger partial charge in [0.1, 0.15) is 5.82 Å². The highest BCUT2D eigenvalue weighted by Crippen LogP contribution is 2.20. The highest BCUT2D eigenvalue weighted by molar-refractivity contribution is 5.91. The lowest BCUT2D eigenvalue weighted by molar-refractivity contribution is -0.131. The van der Waals surface area contributed by atoms with Gasteiger partial charge in [-0.05, 0) is 30.7 Å². The fourth-order valence-corrected chi connectivity index (χ4v) is 3.00. The Balaban J connectivity index is 1.37. The lowest BCUT2D eigenvalue weighted by atomic mass is 10.2. The van der Waals surface area contributed by atoms with Gasteiger partial charge in [-0.2, -0.15) is 0 Å². The van der Waals surface area contributed by atoms with Crippen molar-refractivity contribution >= 4 is 17.5 Å². The number of carbonyl (C=O) groups is 2. The summed E-state index contributed by atoms with van der Waals surface area (Å²) < 4.78 is 18.8. The number of benzene rings is 1. The largest absolute Gasteiger partial charge is 0.459 e. The molecule has 0 spiro atoms. The number of amides is 2. The predicted octanol–water partition coefficient (Wildman–Crippen LogP) is 2.28. The van der Waals surface area contributed by atoms with Gasteiger partial charge in [0.05, 0.1) is 12.0 Å². The molecule has 1 fully saturated rings. The summed E-state index contributed by atoms with van der Waals surface area (Å²) in [5.74, 6) is -0.188. The number of hydrogen-bond acceptors (Lipinski definition) is 4. The topological polar surface area (TPSA) is 65.8 Å². The molecular weight excluding hydrogens is 337 g/mol. The van der Waals surface area contributed by atoms with E-state index in [-0.39, 0.29) is 23.4 Å². The monoisotopic (exact) mass is 359 g/mol. The molecule has 0 atom stereocenters. The molecule has 1 aromatic heterocycles. The van der Waals surface area contributed by atoms with Gasteiger partial charge in [0, 0.05) is 39.1 Å². The zero-order valence-electron chi connectivity index (χ0n) is 14.5. The highest BCUT2D eigenvalue weighted by atomic mass is 19.1. The first-order valence-electron chi connectivity index (χ1n) is 8.74. The van der Waals surface area contributed by atoms with Gasteiger partial charge in [0.25, 0.3) is 5.91 Å². The minimum Gasteiger partial charge on any atom is -0.459 e. The van der Waals surface area contributed by atoms with Crippen LogP contribution in [-0.4, -0.2) is 49.4 Å². The molecule has 0 aliphatic carbocycles. The smallest absolute Gasteiger partial charge is 0.286 e. The number of anilines is 1. The van der Waals surface area contributed by atoms with Crippen LogP contribution in [0.1, 0.15) is 23.4 Å². The van der Waals surface area contributed by atoms with Gasteiger partial charge in [-0.1, -0.05) is 12.1 Å². The molecule has 0 saturated carbocycles. The molecule has 2 heterocycles. The molecule has 26 heavy (non-hydrogen) atoms. The molecule has 1 N–H and O–H groups in total. The maximum absolute atomic E-state index is 13.8. The first-order valence-corrected chi connectivity index (χ1v) is 8.74. The van der Waals surface area contributed by atoms with Crippen molar-refractivity contribution in [2.24, 2.45) is 0 Å². The summed E-state index contributed by atoms with van der Waals surface area (Å²) in [6, 6.07) is 9.93. The Morgan fingerprint density at radius 1 is 1.08 bits per heavy atom. The van der Waals surface area contributed by atoms with Crippen LogP contribution in [0.25, 0.3) is 0 Å². The van der Waals surface area contributed by atoms with Crippen LogP contribution in [-0.2, 0) is 4.79 Å². The molecule has 7 heteroatoms. The number of rotatable bonds is 6. The Kier molecular flexibility index (Phi) is 5.88. The van der Waals surface area contributed by atoms with Crippen LogP contribution in [0.5, 0.6) is 0 Å². The van der Waals surface area contributed by atoms with E-state index in [2.05, 4.69) is 5.32 Å². The van der Waals surface area contributed by atoms with Crippen molar-refractivity contribution in [2.45, 2.75) is 12.8 Å². The van der Waals surface area contributed by atoms with E-state index in [9.17, 15) is 14.0 Å². The summed E-state index contributed by atoms with van der Waals surface area (Å²) in [6.07, 6.45) is 2.39. The van der Waals surface area contributed by atoms with Crippen molar-refractivity contribution in [1.82, 2.24) is 10.2 Å². The fourth-order valence-electron chi connectivity index (χ4n) is 3.00. The average molecular weight is 359 g/mol. The predicted molar refractivity (Wildman–Crippen MR) is 95.5 cm³/mol. The molecule has 1 aliphatic heterocycles. The summed E-state index contributed by atoms with van der Waals surface area (Å²) in [5, 5.41) is 2.72. The normalized spacial score (nSPS) is 14.3. The van der Waals surface area contributed by atoms with Crippen LogP contribution in [0, 0.1) is 5.82 Å². The highest BCUT2D eigenvalue weighted by Gasteiger charge is 2.22. The lowest BCUT2D eigenvalue weighted by Crippen LogP contribution is -2.49. The number of furan rings is 1. The Morgan fingerprint density at radius 2 is 1.85 bits per heavy atom. The molecule has 138 valence electrons. The molecule has 6 nitrogen and oxygen atoms in total. The van der Waals surface area contributed by atoms with Crippen molar-refractivity contribution in [2.75, 3.05) is 37.6 Å². The Morgan fingerprint density at radius 3 is 2.54 bits per heavy atom. The number of para-hydroxylation sites is 1. The number of carbonyl (C=O) groups excluding carboxylic acids is 2. The third-order valence-corrected chi connectivity index (χ3v) is 4.42.